The third-order valence-electron chi connectivity index (χ3n) is 8.95. The minimum Gasteiger partial charge on any atom is -0.372 e. The maximum absolute atomic E-state index is 14.7. The fraction of sp³-hybridized carbons (Fsp3) is 0.216. The van der Waals surface area contributed by atoms with Crippen LogP contribution in [0.5, 0.6) is 0 Å². The van der Waals surface area contributed by atoms with Crippen LogP contribution in [0, 0.1) is 6.92 Å². The average Bonchev–Trinajstić information content (AvgIpc) is 3.07. The van der Waals surface area contributed by atoms with Crippen LogP contribution >= 0.6 is 0 Å². The van der Waals surface area contributed by atoms with Gasteiger partial charge in [0.2, 0.25) is 0 Å². The van der Waals surface area contributed by atoms with Gasteiger partial charge >= 0.3 is 6.18 Å². The number of para-hydroxylation sites is 1. The highest BCUT2D eigenvalue weighted by molar-refractivity contribution is 6.05. The lowest BCUT2D eigenvalue weighted by molar-refractivity contribution is -0.137. The highest BCUT2D eigenvalue weighted by Crippen LogP contribution is 2.39. The maximum atomic E-state index is 14.7. The summed E-state index contributed by atoms with van der Waals surface area (Å²) in [6, 6.07) is 21.6. The molecule has 3 aromatic heterocycles. The Balaban J connectivity index is 1.40. The van der Waals surface area contributed by atoms with E-state index in [0.29, 0.717) is 53.5 Å². The number of halogens is 3. The first-order chi connectivity index (χ1) is 22.1. The molecule has 9 heteroatoms. The molecule has 0 atom stereocenters. The van der Waals surface area contributed by atoms with E-state index in [1.54, 1.807) is 36.4 Å². The molecule has 4 heterocycles. The summed E-state index contributed by atoms with van der Waals surface area (Å²) in [4.78, 5) is 27.0. The van der Waals surface area contributed by atoms with Crippen LogP contribution in [0.3, 0.4) is 0 Å². The summed E-state index contributed by atoms with van der Waals surface area (Å²) < 4.78 is 45.5. The van der Waals surface area contributed by atoms with Crippen molar-refractivity contribution in [1.29, 1.82) is 0 Å². The fourth-order valence-corrected chi connectivity index (χ4v) is 6.43. The van der Waals surface area contributed by atoms with E-state index < -0.39 is 11.7 Å². The number of hydrogen-bond donors (Lipinski definition) is 0. The molecule has 0 aliphatic carbocycles. The fourth-order valence-electron chi connectivity index (χ4n) is 6.43. The highest BCUT2D eigenvalue weighted by Gasteiger charge is 2.36. The van der Waals surface area contributed by atoms with E-state index in [9.17, 15) is 18.0 Å². The van der Waals surface area contributed by atoms with Crippen molar-refractivity contribution < 1.29 is 13.2 Å². The number of allylic oxidation sites excluding steroid dienone is 1. The molecule has 1 aliphatic heterocycles. The van der Waals surface area contributed by atoms with E-state index in [1.807, 2.05) is 55.5 Å². The lowest BCUT2D eigenvalue weighted by atomic mass is 10.0. The molecule has 6 aromatic rings. The topological polar surface area (TPSA) is 54.3 Å². The first-order valence-electron chi connectivity index (χ1n) is 15.3. The first-order valence-corrected chi connectivity index (χ1v) is 15.3. The summed E-state index contributed by atoms with van der Waals surface area (Å²) >= 11 is 0. The van der Waals surface area contributed by atoms with Gasteiger partial charge < -0.3 is 9.80 Å². The van der Waals surface area contributed by atoms with E-state index >= 15 is 0 Å². The summed E-state index contributed by atoms with van der Waals surface area (Å²) in [5, 5.41) is 2.30. The SMILES string of the molecule is C=C(CC)N1CCN(c2ccc(-n3c(=O)c(C)cc4cnc5ccc(-c6cnc7ccccc7c6)cc5c43)cc2C(F)(F)F)CC1. The van der Waals surface area contributed by atoms with E-state index in [0.717, 1.165) is 40.2 Å². The number of aryl methyl sites for hydroxylation is 1. The molecule has 0 N–H and O–H groups in total. The molecule has 0 bridgehead atoms. The molecule has 0 unspecified atom stereocenters. The molecule has 7 rings (SSSR count). The van der Waals surface area contributed by atoms with Gasteiger partial charge in [0, 0.05) is 77.2 Å². The Labute approximate surface area is 264 Å². The number of anilines is 1. The zero-order valence-corrected chi connectivity index (χ0v) is 25.6. The summed E-state index contributed by atoms with van der Waals surface area (Å²) in [5.74, 6) is 0. The van der Waals surface area contributed by atoms with E-state index in [-0.39, 0.29) is 16.9 Å². The van der Waals surface area contributed by atoms with Gasteiger partial charge in [-0.15, -0.1) is 0 Å². The van der Waals surface area contributed by atoms with Crippen molar-refractivity contribution in [3.8, 4) is 16.8 Å². The van der Waals surface area contributed by atoms with Gasteiger partial charge in [0.05, 0.1) is 27.8 Å². The molecule has 1 saturated heterocycles. The number of fused-ring (bicyclic) bond motifs is 4. The van der Waals surface area contributed by atoms with Crippen LogP contribution in [0.25, 0.3) is 49.5 Å². The van der Waals surface area contributed by atoms with Crippen molar-refractivity contribution in [1.82, 2.24) is 19.4 Å². The molecule has 6 nitrogen and oxygen atoms in total. The van der Waals surface area contributed by atoms with Crippen molar-refractivity contribution >= 4 is 38.4 Å². The zero-order valence-electron chi connectivity index (χ0n) is 25.6. The van der Waals surface area contributed by atoms with Crippen LogP contribution in [-0.2, 0) is 6.18 Å². The van der Waals surface area contributed by atoms with Crippen LogP contribution in [0.1, 0.15) is 24.5 Å². The minimum atomic E-state index is -4.63. The van der Waals surface area contributed by atoms with Crippen LogP contribution in [0.15, 0.2) is 102 Å². The quantitative estimate of drug-likeness (QED) is 0.183. The molecule has 1 fully saturated rings. The Kier molecular flexibility index (Phi) is 7.26. The standard InChI is InChI=1S/C37H32F3N5O/c1-4-24(3)43-13-15-44(16-14-43)34-12-10-29(20-31(34)37(38,39)40)45-35-28(17-23(2)36(45)46)22-42-33-11-9-25(19-30(33)35)27-18-26-7-5-6-8-32(26)41-21-27/h5-12,17-22H,3-4,13-16H2,1-2H3. The number of aromatic nitrogens is 3. The molecular weight excluding hydrogens is 587 g/mol. The summed E-state index contributed by atoms with van der Waals surface area (Å²) in [7, 11) is 0. The summed E-state index contributed by atoms with van der Waals surface area (Å²) in [5.41, 5.74) is 4.25. The van der Waals surface area contributed by atoms with Gasteiger partial charge in [0.15, 0.2) is 0 Å². The van der Waals surface area contributed by atoms with Crippen molar-refractivity contribution in [2.45, 2.75) is 26.4 Å². The Morgan fingerprint density at radius 2 is 1.61 bits per heavy atom. The molecule has 0 spiro atoms. The molecule has 232 valence electrons. The van der Waals surface area contributed by atoms with E-state index in [2.05, 4.69) is 21.4 Å². The van der Waals surface area contributed by atoms with Gasteiger partial charge in [-0.05, 0) is 67.4 Å². The van der Waals surface area contributed by atoms with Gasteiger partial charge in [-0.25, -0.2) is 0 Å². The van der Waals surface area contributed by atoms with Gasteiger partial charge in [0.1, 0.15) is 0 Å². The molecular formula is C37H32F3N5O. The van der Waals surface area contributed by atoms with Crippen LogP contribution in [-0.4, -0.2) is 45.6 Å². The minimum absolute atomic E-state index is 0.112. The molecule has 0 saturated carbocycles. The van der Waals surface area contributed by atoms with E-state index in [4.69, 9.17) is 0 Å². The smallest absolute Gasteiger partial charge is 0.372 e. The zero-order chi connectivity index (χ0) is 32.2. The van der Waals surface area contributed by atoms with Crippen molar-refractivity contribution in [2.24, 2.45) is 0 Å². The predicted molar refractivity (Wildman–Crippen MR) is 179 cm³/mol. The molecule has 1 aliphatic rings. The van der Waals surface area contributed by atoms with Crippen LogP contribution in [0.4, 0.5) is 18.9 Å². The monoisotopic (exact) mass is 619 g/mol. The Bertz CT molecular complexity index is 2210. The lowest BCUT2D eigenvalue weighted by Crippen LogP contribution is -2.46. The lowest BCUT2D eigenvalue weighted by Gasteiger charge is -2.39. The molecule has 0 radical (unpaired) electrons. The van der Waals surface area contributed by atoms with Gasteiger partial charge in [-0.2, -0.15) is 13.2 Å². The first kappa shape index (κ1) is 29.5. The summed E-state index contributed by atoms with van der Waals surface area (Å²) in [6.07, 6.45) is -0.364. The van der Waals surface area contributed by atoms with Gasteiger partial charge in [-0.3, -0.25) is 19.3 Å². The number of hydrogen-bond acceptors (Lipinski definition) is 5. The van der Waals surface area contributed by atoms with Crippen molar-refractivity contribution in [2.75, 3.05) is 31.1 Å². The Morgan fingerprint density at radius 3 is 2.37 bits per heavy atom. The summed E-state index contributed by atoms with van der Waals surface area (Å²) in [6.45, 7) is 9.85. The normalized spacial score (nSPS) is 14.0. The van der Waals surface area contributed by atoms with Gasteiger partial charge in [-0.1, -0.05) is 37.8 Å². The van der Waals surface area contributed by atoms with Crippen LogP contribution in [0.2, 0.25) is 0 Å². The third kappa shape index (κ3) is 5.15. The van der Waals surface area contributed by atoms with E-state index in [1.165, 1.54) is 10.6 Å². The van der Waals surface area contributed by atoms with Crippen LogP contribution < -0.4 is 10.5 Å². The number of alkyl halides is 3. The van der Waals surface area contributed by atoms with Crippen molar-refractivity contribution in [3.63, 3.8) is 0 Å². The number of benzene rings is 3. The second-order valence-corrected chi connectivity index (χ2v) is 11.8. The largest absolute Gasteiger partial charge is 0.418 e. The predicted octanol–water partition coefficient (Wildman–Crippen LogP) is 8.13. The Hall–Kier alpha value is -5.18. The Morgan fingerprint density at radius 1 is 0.848 bits per heavy atom. The average molecular weight is 620 g/mol. The molecule has 0 amide bonds. The molecule has 46 heavy (non-hydrogen) atoms. The second-order valence-electron chi connectivity index (χ2n) is 11.8. The molecule has 3 aromatic carbocycles. The number of piperazine rings is 1. The van der Waals surface area contributed by atoms with Crippen molar-refractivity contribution in [3.05, 3.63) is 119 Å². The number of pyridine rings is 3. The maximum Gasteiger partial charge on any atom is 0.418 e. The number of nitrogens with zero attached hydrogens (tertiary/aromatic N) is 5. The highest BCUT2D eigenvalue weighted by atomic mass is 19.4. The van der Waals surface area contributed by atoms with Gasteiger partial charge in [0.25, 0.3) is 5.56 Å². The number of rotatable bonds is 5. The third-order valence-corrected chi connectivity index (χ3v) is 8.95. The second kappa shape index (κ2) is 11.3.